The Hall–Kier alpha value is -2.18. The molecule has 0 saturated heterocycles. The number of hydrogen-bond donors (Lipinski definition) is 2. The Bertz CT molecular complexity index is 499. The molecule has 7 nitrogen and oxygen atoms in total. The van der Waals surface area contributed by atoms with Crippen LogP contribution in [-0.2, 0) is 12.8 Å². The summed E-state index contributed by atoms with van der Waals surface area (Å²) in [4.78, 5) is 12.8. The van der Waals surface area contributed by atoms with E-state index in [9.17, 15) is 0 Å². The van der Waals surface area contributed by atoms with Crippen molar-refractivity contribution in [3.63, 3.8) is 0 Å². The lowest BCUT2D eigenvalue weighted by Gasteiger charge is -2.09. The fourth-order valence-corrected chi connectivity index (χ4v) is 1.62. The number of nitrogens with one attached hydrogen (secondary N) is 2. The SMILES string of the molecule is CCNc1cc(NCCc2ncno2)nc(CC)n1. The Labute approximate surface area is 111 Å². The summed E-state index contributed by atoms with van der Waals surface area (Å²) in [6.45, 7) is 5.60. The van der Waals surface area contributed by atoms with Gasteiger partial charge in [-0.25, -0.2) is 9.97 Å². The van der Waals surface area contributed by atoms with Gasteiger partial charge in [-0.2, -0.15) is 4.98 Å². The molecular formula is C12H18N6O. The summed E-state index contributed by atoms with van der Waals surface area (Å²) in [5.41, 5.74) is 0. The van der Waals surface area contributed by atoms with E-state index in [4.69, 9.17) is 4.52 Å². The molecular weight excluding hydrogens is 244 g/mol. The maximum Gasteiger partial charge on any atom is 0.228 e. The molecule has 2 heterocycles. The average Bonchev–Trinajstić information content (AvgIpc) is 2.92. The normalized spacial score (nSPS) is 10.4. The molecule has 0 saturated carbocycles. The van der Waals surface area contributed by atoms with Crippen molar-refractivity contribution in [1.82, 2.24) is 20.1 Å². The smallest absolute Gasteiger partial charge is 0.228 e. The first-order valence-corrected chi connectivity index (χ1v) is 6.43. The van der Waals surface area contributed by atoms with Crippen LogP contribution in [0.5, 0.6) is 0 Å². The number of anilines is 2. The summed E-state index contributed by atoms with van der Waals surface area (Å²) in [5.74, 6) is 3.08. The molecule has 0 unspecified atom stereocenters. The van der Waals surface area contributed by atoms with Crippen molar-refractivity contribution in [1.29, 1.82) is 0 Å². The van der Waals surface area contributed by atoms with Crippen molar-refractivity contribution in [3.8, 4) is 0 Å². The lowest BCUT2D eigenvalue weighted by atomic mass is 10.4. The van der Waals surface area contributed by atoms with Gasteiger partial charge in [-0.1, -0.05) is 12.1 Å². The number of rotatable bonds is 7. The number of hydrogen-bond acceptors (Lipinski definition) is 7. The van der Waals surface area contributed by atoms with Gasteiger partial charge in [0.2, 0.25) is 5.89 Å². The molecule has 2 N–H and O–H groups in total. The van der Waals surface area contributed by atoms with Gasteiger partial charge < -0.3 is 15.2 Å². The first kappa shape index (κ1) is 13.3. The van der Waals surface area contributed by atoms with Crippen LogP contribution in [0.3, 0.4) is 0 Å². The standard InChI is InChI=1S/C12H18N6O/c1-3-9-17-10(13-4-2)7-11(18-9)14-6-5-12-15-8-16-19-12/h7-8H,3-6H2,1-2H3,(H2,13,14,17,18). The van der Waals surface area contributed by atoms with Gasteiger partial charge in [-0.05, 0) is 6.92 Å². The summed E-state index contributed by atoms with van der Waals surface area (Å²) < 4.78 is 4.93. The Kier molecular flexibility index (Phi) is 4.66. The Morgan fingerprint density at radius 3 is 2.58 bits per heavy atom. The van der Waals surface area contributed by atoms with Crippen molar-refractivity contribution in [3.05, 3.63) is 24.1 Å². The molecule has 0 aliphatic carbocycles. The van der Waals surface area contributed by atoms with Gasteiger partial charge >= 0.3 is 0 Å². The summed E-state index contributed by atoms with van der Waals surface area (Å²) >= 11 is 0. The molecule has 2 rings (SSSR count). The molecule has 0 amide bonds. The zero-order valence-electron chi connectivity index (χ0n) is 11.2. The van der Waals surface area contributed by atoms with Crippen molar-refractivity contribution in [2.24, 2.45) is 0 Å². The van der Waals surface area contributed by atoms with Gasteiger partial charge in [-0.15, -0.1) is 0 Å². The minimum absolute atomic E-state index is 0.615. The van der Waals surface area contributed by atoms with Crippen molar-refractivity contribution in [2.45, 2.75) is 26.7 Å². The molecule has 0 aliphatic rings. The number of aromatic nitrogens is 4. The number of aryl methyl sites for hydroxylation is 1. The number of nitrogens with zero attached hydrogens (tertiary/aromatic N) is 4. The summed E-state index contributed by atoms with van der Waals surface area (Å²) in [6.07, 6.45) is 2.87. The Morgan fingerprint density at radius 2 is 1.95 bits per heavy atom. The van der Waals surface area contributed by atoms with Gasteiger partial charge in [0, 0.05) is 32.0 Å². The second kappa shape index (κ2) is 6.67. The molecule has 0 atom stereocenters. The molecule has 2 aromatic rings. The van der Waals surface area contributed by atoms with E-state index >= 15 is 0 Å². The fourth-order valence-electron chi connectivity index (χ4n) is 1.62. The minimum Gasteiger partial charge on any atom is -0.370 e. The van der Waals surface area contributed by atoms with E-state index in [-0.39, 0.29) is 0 Å². The van der Waals surface area contributed by atoms with E-state index in [2.05, 4.69) is 30.7 Å². The van der Waals surface area contributed by atoms with Crippen LogP contribution < -0.4 is 10.6 Å². The van der Waals surface area contributed by atoms with Crippen molar-refractivity contribution in [2.75, 3.05) is 23.7 Å². The van der Waals surface area contributed by atoms with Crippen molar-refractivity contribution >= 4 is 11.6 Å². The minimum atomic E-state index is 0.615. The second-order valence-corrected chi connectivity index (χ2v) is 3.95. The first-order valence-electron chi connectivity index (χ1n) is 6.43. The molecule has 7 heteroatoms. The van der Waals surface area contributed by atoms with Crippen LogP contribution in [-0.4, -0.2) is 33.2 Å². The fraction of sp³-hybridized carbons (Fsp3) is 0.500. The van der Waals surface area contributed by atoms with Gasteiger partial charge in [0.15, 0.2) is 6.33 Å². The topological polar surface area (TPSA) is 88.8 Å². The van der Waals surface area contributed by atoms with Crippen LogP contribution in [0.25, 0.3) is 0 Å². The van der Waals surface area contributed by atoms with E-state index in [0.29, 0.717) is 18.9 Å². The zero-order valence-corrected chi connectivity index (χ0v) is 11.2. The lowest BCUT2D eigenvalue weighted by Crippen LogP contribution is -2.10. The highest BCUT2D eigenvalue weighted by molar-refractivity contribution is 5.47. The maximum absolute atomic E-state index is 4.93. The van der Waals surface area contributed by atoms with E-state index in [0.717, 1.165) is 30.4 Å². The van der Waals surface area contributed by atoms with Gasteiger partial charge in [-0.3, -0.25) is 0 Å². The highest BCUT2D eigenvalue weighted by Crippen LogP contribution is 2.11. The molecule has 0 bridgehead atoms. The van der Waals surface area contributed by atoms with Crippen molar-refractivity contribution < 1.29 is 4.52 Å². The average molecular weight is 262 g/mol. The third-order valence-electron chi connectivity index (χ3n) is 2.50. The quantitative estimate of drug-likeness (QED) is 0.781. The maximum atomic E-state index is 4.93. The van der Waals surface area contributed by atoms with E-state index in [1.165, 1.54) is 6.33 Å². The molecule has 102 valence electrons. The second-order valence-electron chi connectivity index (χ2n) is 3.95. The van der Waals surface area contributed by atoms with Crippen LogP contribution in [0.4, 0.5) is 11.6 Å². The van der Waals surface area contributed by atoms with E-state index in [1.54, 1.807) is 0 Å². The Morgan fingerprint density at radius 1 is 1.16 bits per heavy atom. The van der Waals surface area contributed by atoms with Crippen LogP contribution in [0.2, 0.25) is 0 Å². The molecule has 0 aromatic carbocycles. The van der Waals surface area contributed by atoms with Crippen LogP contribution in [0.15, 0.2) is 16.9 Å². The molecule has 0 aliphatic heterocycles. The largest absolute Gasteiger partial charge is 0.370 e. The third kappa shape index (κ3) is 3.90. The highest BCUT2D eigenvalue weighted by atomic mass is 16.5. The summed E-state index contributed by atoms with van der Waals surface area (Å²) in [7, 11) is 0. The zero-order chi connectivity index (χ0) is 13.5. The molecule has 0 spiro atoms. The van der Waals surface area contributed by atoms with Gasteiger partial charge in [0.25, 0.3) is 0 Å². The predicted molar refractivity (Wildman–Crippen MR) is 72.1 cm³/mol. The Balaban J connectivity index is 1.96. The first-order chi connectivity index (χ1) is 9.31. The molecule has 19 heavy (non-hydrogen) atoms. The summed E-state index contributed by atoms with van der Waals surface area (Å²) in [5, 5.41) is 10.00. The van der Waals surface area contributed by atoms with Crippen LogP contribution in [0.1, 0.15) is 25.6 Å². The molecule has 2 aromatic heterocycles. The third-order valence-corrected chi connectivity index (χ3v) is 2.50. The monoisotopic (exact) mass is 262 g/mol. The predicted octanol–water partition coefficient (Wildman–Crippen LogP) is 1.51. The lowest BCUT2D eigenvalue weighted by molar-refractivity contribution is 0.379. The molecule has 0 fully saturated rings. The summed E-state index contributed by atoms with van der Waals surface area (Å²) in [6, 6.07) is 1.90. The van der Waals surface area contributed by atoms with Crippen LogP contribution >= 0.6 is 0 Å². The highest BCUT2D eigenvalue weighted by Gasteiger charge is 2.04. The van der Waals surface area contributed by atoms with Gasteiger partial charge in [0.05, 0.1) is 0 Å². The van der Waals surface area contributed by atoms with Crippen LogP contribution in [0, 0.1) is 0 Å². The van der Waals surface area contributed by atoms with E-state index in [1.807, 2.05) is 19.9 Å². The van der Waals surface area contributed by atoms with Gasteiger partial charge in [0.1, 0.15) is 17.5 Å². The molecule has 0 radical (unpaired) electrons. The van der Waals surface area contributed by atoms with E-state index < -0.39 is 0 Å².